The molecule has 0 saturated heterocycles. The maximum atomic E-state index is 12.7. The zero-order chi connectivity index (χ0) is 21.7. The van der Waals surface area contributed by atoms with Crippen LogP contribution in [0.1, 0.15) is 40.5 Å². The second kappa shape index (κ2) is 7.60. The van der Waals surface area contributed by atoms with Crippen LogP contribution in [-0.2, 0) is 11.3 Å². The summed E-state index contributed by atoms with van der Waals surface area (Å²) >= 11 is 1.43. The molecule has 0 radical (unpaired) electrons. The number of rotatable bonds is 5. The number of amides is 1. The molecule has 1 atom stereocenters. The zero-order valence-corrected chi connectivity index (χ0v) is 18.0. The van der Waals surface area contributed by atoms with Gasteiger partial charge in [0, 0.05) is 18.4 Å². The van der Waals surface area contributed by atoms with Gasteiger partial charge in [0.25, 0.3) is 5.89 Å². The number of carbonyl (C=O) groups excluding carboxylic acids is 1. The summed E-state index contributed by atoms with van der Waals surface area (Å²) in [6.45, 7) is 0.411. The number of thiophene rings is 1. The minimum atomic E-state index is -0.622. The molecule has 7 heteroatoms. The summed E-state index contributed by atoms with van der Waals surface area (Å²) in [7, 11) is 0. The van der Waals surface area contributed by atoms with E-state index in [1.54, 1.807) is 0 Å². The van der Waals surface area contributed by atoms with Gasteiger partial charge in [-0.3, -0.25) is 4.79 Å². The Hall–Kier alpha value is -3.45. The highest BCUT2D eigenvalue weighted by Gasteiger charge is 2.42. The first-order valence-electron chi connectivity index (χ1n) is 10.7. The molecule has 0 fully saturated rings. The predicted molar refractivity (Wildman–Crippen MR) is 122 cm³/mol. The molecule has 1 unspecified atom stereocenters. The van der Waals surface area contributed by atoms with E-state index in [9.17, 15) is 9.59 Å². The van der Waals surface area contributed by atoms with E-state index in [0.29, 0.717) is 18.4 Å². The third-order valence-electron chi connectivity index (χ3n) is 6.62. The van der Waals surface area contributed by atoms with Gasteiger partial charge in [-0.15, -0.1) is 16.4 Å². The monoisotopic (exact) mass is 443 g/mol. The van der Waals surface area contributed by atoms with Gasteiger partial charge in [-0.25, -0.2) is 4.79 Å². The molecular weight excluding hydrogens is 422 g/mol. The third kappa shape index (κ3) is 3.12. The van der Waals surface area contributed by atoms with Crippen LogP contribution in [0.3, 0.4) is 0 Å². The first-order valence-corrected chi connectivity index (χ1v) is 11.6. The predicted octanol–water partition coefficient (Wildman–Crippen LogP) is 3.98. The molecule has 7 rings (SSSR count). The molecule has 1 amide bonds. The van der Waals surface area contributed by atoms with E-state index in [2.05, 4.69) is 58.9 Å². The standard InChI is InChI=1S/C25H21N3O3S/c29-22(14-28-25(30)31-24(27-28)21-10-5-11-32-21)26-13-15-12-20-16-6-1-3-8-18(16)23(15)19-9-4-2-7-17(19)20/h1-11,15,20,23H,12-14H2,(H,26,29). The number of carbonyl (C=O) groups is 1. The third-order valence-corrected chi connectivity index (χ3v) is 7.47. The van der Waals surface area contributed by atoms with Gasteiger partial charge in [0.2, 0.25) is 5.91 Å². The summed E-state index contributed by atoms with van der Waals surface area (Å²) in [6.07, 6.45) is 1.01. The quantitative estimate of drug-likeness (QED) is 0.506. The first-order chi connectivity index (χ1) is 15.7. The van der Waals surface area contributed by atoms with E-state index in [1.807, 2.05) is 17.5 Å². The van der Waals surface area contributed by atoms with E-state index in [1.165, 1.54) is 33.6 Å². The van der Waals surface area contributed by atoms with Gasteiger partial charge >= 0.3 is 5.76 Å². The van der Waals surface area contributed by atoms with Crippen molar-refractivity contribution in [2.24, 2.45) is 5.92 Å². The summed E-state index contributed by atoms with van der Waals surface area (Å²) in [6, 6.07) is 21.0. The topological polar surface area (TPSA) is 77.1 Å². The number of aromatic nitrogens is 2. The van der Waals surface area contributed by atoms with Crippen LogP contribution in [0.4, 0.5) is 0 Å². The Kier molecular flexibility index (Phi) is 4.57. The first kappa shape index (κ1) is 19.3. The lowest BCUT2D eigenvalue weighted by molar-refractivity contribution is -0.122. The number of benzene rings is 2. The lowest BCUT2D eigenvalue weighted by Gasteiger charge is -2.45. The van der Waals surface area contributed by atoms with Crippen LogP contribution < -0.4 is 11.1 Å². The van der Waals surface area contributed by atoms with Gasteiger partial charge in [0.1, 0.15) is 6.54 Å². The summed E-state index contributed by atoms with van der Waals surface area (Å²) < 4.78 is 6.28. The van der Waals surface area contributed by atoms with Gasteiger partial charge in [0.15, 0.2) is 0 Å². The van der Waals surface area contributed by atoms with Crippen molar-refractivity contribution in [1.29, 1.82) is 0 Å². The van der Waals surface area contributed by atoms with E-state index >= 15 is 0 Å². The SMILES string of the molecule is O=C(Cn1nc(-c2cccs2)oc1=O)NCC1CC2c3ccccc3C1c1ccccc12. The second-order valence-corrected chi connectivity index (χ2v) is 9.34. The van der Waals surface area contributed by atoms with Gasteiger partial charge in [-0.05, 0) is 46.0 Å². The molecule has 0 aliphatic heterocycles. The number of nitrogens with zero attached hydrogens (tertiary/aromatic N) is 2. The molecule has 160 valence electrons. The minimum absolute atomic E-state index is 0.151. The number of hydrogen-bond donors (Lipinski definition) is 1. The molecule has 0 saturated carbocycles. The molecule has 2 heterocycles. The molecule has 2 aromatic heterocycles. The maximum absolute atomic E-state index is 12.7. The van der Waals surface area contributed by atoms with Crippen LogP contribution in [0, 0.1) is 5.92 Å². The Morgan fingerprint density at radius 1 is 1.03 bits per heavy atom. The number of fused-ring (bicyclic) bond motifs is 1. The van der Waals surface area contributed by atoms with Crippen LogP contribution in [0.5, 0.6) is 0 Å². The van der Waals surface area contributed by atoms with Crippen LogP contribution >= 0.6 is 11.3 Å². The van der Waals surface area contributed by atoms with Crippen molar-refractivity contribution in [2.75, 3.05) is 6.54 Å². The molecule has 4 aromatic rings. The minimum Gasteiger partial charge on any atom is -0.387 e. The van der Waals surface area contributed by atoms with Crippen LogP contribution in [0.2, 0.25) is 0 Å². The summed E-state index contributed by atoms with van der Waals surface area (Å²) in [4.78, 5) is 25.5. The lowest BCUT2D eigenvalue weighted by Crippen LogP contribution is -2.40. The Morgan fingerprint density at radius 3 is 2.38 bits per heavy atom. The zero-order valence-electron chi connectivity index (χ0n) is 17.2. The average Bonchev–Trinajstić information content (AvgIpc) is 3.48. The molecule has 2 aromatic carbocycles. The fourth-order valence-corrected chi connectivity index (χ4v) is 5.95. The van der Waals surface area contributed by atoms with E-state index in [0.717, 1.165) is 16.0 Å². The van der Waals surface area contributed by atoms with Crippen LogP contribution in [0.15, 0.2) is 75.3 Å². The molecule has 32 heavy (non-hydrogen) atoms. The second-order valence-electron chi connectivity index (χ2n) is 8.40. The molecule has 6 nitrogen and oxygen atoms in total. The highest BCUT2D eigenvalue weighted by molar-refractivity contribution is 7.13. The fourth-order valence-electron chi connectivity index (χ4n) is 5.30. The number of nitrogens with one attached hydrogen (secondary N) is 1. The Bertz CT molecular complexity index is 1310. The van der Waals surface area contributed by atoms with Gasteiger partial charge < -0.3 is 9.73 Å². The average molecular weight is 444 g/mol. The smallest absolute Gasteiger partial charge is 0.387 e. The number of hydrogen-bond acceptors (Lipinski definition) is 5. The lowest BCUT2D eigenvalue weighted by atomic mass is 9.59. The Morgan fingerprint density at radius 2 is 1.72 bits per heavy atom. The Balaban J connectivity index is 1.19. The highest BCUT2D eigenvalue weighted by Crippen LogP contribution is 2.55. The van der Waals surface area contributed by atoms with Crippen molar-refractivity contribution in [2.45, 2.75) is 24.8 Å². The Labute approximate surface area is 188 Å². The van der Waals surface area contributed by atoms with Crippen molar-refractivity contribution >= 4 is 17.2 Å². The fraction of sp³-hybridized carbons (Fsp3) is 0.240. The summed E-state index contributed by atoms with van der Waals surface area (Å²) in [5.74, 6) is 0.332. The van der Waals surface area contributed by atoms with E-state index in [-0.39, 0.29) is 24.3 Å². The van der Waals surface area contributed by atoms with Crippen LogP contribution in [0.25, 0.3) is 10.8 Å². The normalized spacial score (nSPS) is 20.6. The van der Waals surface area contributed by atoms with Crippen molar-refractivity contribution in [3.63, 3.8) is 0 Å². The largest absolute Gasteiger partial charge is 0.437 e. The maximum Gasteiger partial charge on any atom is 0.437 e. The van der Waals surface area contributed by atoms with Crippen LogP contribution in [-0.4, -0.2) is 22.2 Å². The molecule has 1 N–H and O–H groups in total. The van der Waals surface area contributed by atoms with E-state index < -0.39 is 5.76 Å². The van der Waals surface area contributed by atoms with Crippen molar-refractivity contribution < 1.29 is 9.21 Å². The highest BCUT2D eigenvalue weighted by atomic mass is 32.1. The molecule has 2 bridgehead atoms. The summed E-state index contributed by atoms with van der Waals surface area (Å²) in [5.41, 5.74) is 5.56. The molecule has 3 aliphatic rings. The van der Waals surface area contributed by atoms with Crippen molar-refractivity contribution in [1.82, 2.24) is 15.1 Å². The molecular formula is C25H21N3O3S. The van der Waals surface area contributed by atoms with Gasteiger partial charge in [-0.1, -0.05) is 54.6 Å². The summed E-state index contributed by atoms with van der Waals surface area (Å²) in [5, 5.41) is 9.10. The molecule has 3 aliphatic carbocycles. The van der Waals surface area contributed by atoms with Gasteiger partial charge in [0.05, 0.1) is 4.88 Å². The van der Waals surface area contributed by atoms with E-state index in [4.69, 9.17) is 4.42 Å². The van der Waals surface area contributed by atoms with Gasteiger partial charge in [-0.2, -0.15) is 4.68 Å². The molecule has 0 spiro atoms. The van der Waals surface area contributed by atoms with Crippen molar-refractivity contribution in [3.05, 3.63) is 98.8 Å². The van der Waals surface area contributed by atoms with Crippen molar-refractivity contribution in [3.8, 4) is 10.8 Å².